The van der Waals surface area contributed by atoms with Crippen LogP contribution in [-0.4, -0.2) is 10.9 Å². The summed E-state index contributed by atoms with van der Waals surface area (Å²) < 4.78 is 5.49. The molecule has 0 aliphatic heterocycles. The standard InChI is InChI=1S/C15H20N2O2S/c1-8-9(2)19-10(3)12(8)13(18)17-14-16-11(7-20-14)15(4,5)6/h7H,1-6H3,(H,16,17,18). The quantitative estimate of drug-likeness (QED) is 0.902. The first-order chi connectivity index (χ1) is 9.20. The molecule has 2 rings (SSSR count). The second-order valence-corrected chi connectivity index (χ2v) is 6.81. The molecule has 2 aromatic heterocycles. The summed E-state index contributed by atoms with van der Waals surface area (Å²) in [4.78, 5) is 16.8. The van der Waals surface area contributed by atoms with Crippen LogP contribution in [0.1, 0.15) is 53.9 Å². The fourth-order valence-electron chi connectivity index (χ4n) is 1.96. The molecule has 0 spiro atoms. The Hall–Kier alpha value is -1.62. The van der Waals surface area contributed by atoms with E-state index in [0.717, 1.165) is 17.0 Å². The van der Waals surface area contributed by atoms with Gasteiger partial charge in [0.15, 0.2) is 5.13 Å². The van der Waals surface area contributed by atoms with Crippen molar-refractivity contribution in [1.29, 1.82) is 0 Å². The van der Waals surface area contributed by atoms with E-state index < -0.39 is 0 Å². The Morgan fingerprint density at radius 2 is 1.90 bits per heavy atom. The van der Waals surface area contributed by atoms with E-state index in [0.29, 0.717) is 16.5 Å². The normalized spacial score (nSPS) is 11.7. The monoisotopic (exact) mass is 292 g/mol. The lowest BCUT2D eigenvalue weighted by atomic mass is 9.93. The molecule has 108 valence electrons. The second-order valence-electron chi connectivity index (χ2n) is 5.96. The van der Waals surface area contributed by atoms with Crippen LogP contribution in [0.25, 0.3) is 0 Å². The van der Waals surface area contributed by atoms with Gasteiger partial charge in [-0.2, -0.15) is 0 Å². The summed E-state index contributed by atoms with van der Waals surface area (Å²) in [5.74, 6) is 1.26. The number of hydrogen-bond acceptors (Lipinski definition) is 4. The van der Waals surface area contributed by atoms with Crippen molar-refractivity contribution in [3.05, 3.63) is 33.7 Å². The van der Waals surface area contributed by atoms with Crippen molar-refractivity contribution < 1.29 is 9.21 Å². The molecule has 2 aromatic rings. The van der Waals surface area contributed by atoms with Gasteiger partial charge < -0.3 is 4.42 Å². The summed E-state index contributed by atoms with van der Waals surface area (Å²) in [7, 11) is 0. The van der Waals surface area contributed by atoms with E-state index >= 15 is 0 Å². The number of aromatic nitrogens is 1. The van der Waals surface area contributed by atoms with Gasteiger partial charge in [-0.25, -0.2) is 4.98 Å². The number of rotatable bonds is 2. The molecule has 0 unspecified atom stereocenters. The van der Waals surface area contributed by atoms with Crippen LogP contribution < -0.4 is 5.32 Å². The Kier molecular flexibility index (Phi) is 3.73. The van der Waals surface area contributed by atoms with E-state index in [1.54, 1.807) is 6.92 Å². The van der Waals surface area contributed by atoms with E-state index in [4.69, 9.17) is 4.42 Å². The maximum Gasteiger partial charge on any atom is 0.261 e. The lowest BCUT2D eigenvalue weighted by Crippen LogP contribution is -2.15. The molecule has 0 saturated carbocycles. The topological polar surface area (TPSA) is 55.1 Å². The van der Waals surface area contributed by atoms with Gasteiger partial charge in [0.05, 0.1) is 11.3 Å². The Balaban J connectivity index is 2.22. The summed E-state index contributed by atoms with van der Waals surface area (Å²) in [5, 5.41) is 5.46. The minimum absolute atomic E-state index is 0.0163. The highest BCUT2D eigenvalue weighted by Crippen LogP contribution is 2.27. The smallest absolute Gasteiger partial charge is 0.261 e. The van der Waals surface area contributed by atoms with Crippen LogP contribution in [0.2, 0.25) is 0 Å². The average Bonchev–Trinajstić information content (AvgIpc) is 2.85. The van der Waals surface area contributed by atoms with Gasteiger partial charge >= 0.3 is 0 Å². The molecular formula is C15H20N2O2S. The molecule has 0 fully saturated rings. The van der Waals surface area contributed by atoms with Crippen LogP contribution in [0.15, 0.2) is 9.80 Å². The molecule has 0 bridgehead atoms. The molecule has 2 heterocycles. The Morgan fingerprint density at radius 1 is 1.25 bits per heavy atom. The zero-order valence-corrected chi connectivity index (χ0v) is 13.6. The average molecular weight is 292 g/mol. The zero-order valence-electron chi connectivity index (χ0n) is 12.7. The molecule has 1 amide bonds. The van der Waals surface area contributed by atoms with E-state index in [2.05, 4.69) is 31.1 Å². The number of thiazole rings is 1. The number of nitrogens with one attached hydrogen (secondary N) is 1. The largest absolute Gasteiger partial charge is 0.466 e. The number of aryl methyl sites for hydroxylation is 2. The minimum Gasteiger partial charge on any atom is -0.466 e. The lowest BCUT2D eigenvalue weighted by Gasteiger charge is -2.14. The van der Waals surface area contributed by atoms with Crippen LogP contribution >= 0.6 is 11.3 Å². The lowest BCUT2D eigenvalue weighted by molar-refractivity contribution is 0.102. The van der Waals surface area contributed by atoms with Crippen LogP contribution in [0, 0.1) is 20.8 Å². The van der Waals surface area contributed by atoms with E-state index in [9.17, 15) is 4.79 Å². The number of carbonyl (C=O) groups is 1. The van der Waals surface area contributed by atoms with Crippen molar-refractivity contribution in [2.75, 3.05) is 5.32 Å². The summed E-state index contributed by atoms with van der Waals surface area (Å²) in [6.07, 6.45) is 0. The Bertz CT molecular complexity index is 647. The van der Waals surface area contributed by atoms with Crippen molar-refractivity contribution in [2.45, 2.75) is 47.0 Å². The molecule has 4 nitrogen and oxygen atoms in total. The number of nitrogens with zero attached hydrogens (tertiary/aromatic N) is 1. The number of carbonyl (C=O) groups excluding carboxylic acids is 1. The van der Waals surface area contributed by atoms with Gasteiger partial charge in [-0.3, -0.25) is 10.1 Å². The van der Waals surface area contributed by atoms with Crippen LogP contribution in [0.4, 0.5) is 5.13 Å². The molecule has 0 radical (unpaired) electrons. The van der Waals surface area contributed by atoms with Crippen molar-refractivity contribution >= 4 is 22.4 Å². The maximum atomic E-state index is 12.3. The molecule has 0 aliphatic carbocycles. The number of furan rings is 1. The number of hydrogen-bond donors (Lipinski definition) is 1. The SMILES string of the molecule is Cc1oc(C)c(C(=O)Nc2nc(C(C)(C)C)cs2)c1C. The van der Waals surface area contributed by atoms with Gasteiger partial charge in [-0.1, -0.05) is 20.8 Å². The molecule has 5 heteroatoms. The van der Waals surface area contributed by atoms with Gasteiger partial charge in [0.25, 0.3) is 5.91 Å². The third-order valence-corrected chi connectivity index (χ3v) is 4.04. The van der Waals surface area contributed by atoms with Crippen molar-refractivity contribution in [3.63, 3.8) is 0 Å². The van der Waals surface area contributed by atoms with Crippen LogP contribution in [0.5, 0.6) is 0 Å². The first-order valence-corrected chi connectivity index (χ1v) is 7.42. The third-order valence-electron chi connectivity index (χ3n) is 3.28. The predicted octanol–water partition coefficient (Wildman–Crippen LogP) is 4.21. The summed E-state index contributed by atoms with van der Waals surface area (Å²) in [6, 6.07) is 0. The van der Waals surface area contributed by atoms with Gasteiger partial charge in [-0.05, 0) is 20.8 Å². The van der Waals surface area contributed by atoms with Crippen molar-refractivity contribution in [3.8, 4) is 0 Å². The maximum absolute atomic E-state index is 12.3. The molecule has 20 heavy (non-hydrogen) atoms. The molecule has 0 aromatic carbocycles. The van der Waals surface area contributed by atoms with Gasteiger partial charge in [0, 0.05) is 16.4 Å². The summed E-state index contributed by atoms with van der Waals surface area (Å²) in [5.41, 5.74) is 2.45. The fourth-order valence-corrected chi connectivity index (χ4v) is 2.89. The highest BCUT2D eigenvalue weighted by Gasteiger charge is 2.21. The number of anilines is 1. The van der Waals surface area contributed by atoms with E-state index in [-0.39, 0.29) is 11.3 Å². The van der Waals surface area contributed by atoms with Gasteiger partial charge in [0.1, 0.15) is 11.5 Å². The Morgan fingerprint density at radius 3 is 2.35 bits per heavy atom. The predicted molar refractivity (Wildman–Crippen MR) is 81.7 cm³/mol. The minimum atomic E-state index is -0.161. The van der Waals surface area contributed by atoms with E-state index in [1.165, 1.54) is 11.3 Å². The van der Waals surface area contributed by atoms with Crippen LogP contribution in [0.3, 0.4) is 0 Å². The molecule has 0 aliphatic rings. The number of amides is 1. The highest BCUT2D eigenvalue weighted by atomic mass is 32.1. The fraction of sp³-hybridized carbons (Fsp3) is 0.467. The highest BCUT2D eigenvalue weighted by molar-refractivity contribution is 7.14. The zero-order chi connectivity index (χ0) is 15.1. The van der Waals surface area contributed by atoms with Crippen LogP contribution in [-0.2, 0) is 5.41 Å². The molecule has 1 N–H and O–H groups in total. The van der Waals surface area contributed by atoms with E-state index in [1.807, 2.05) is 19.2 Å². The van der Waals surface area contributed by atoms with Crippen molar-refractivity contribution in [1.82, 2.24) is 4.98 Å². The summed E-state index contributed by atoms with van der Waals surface area (Å²) in [6.45, 7) is 11.9. The first-order valence-electron chi connectivity index (χ1n) is 6.54. The summed E-state index contributed by atoms with van der Waals surface area (Å²) >= 11 is 1.44. The van der Waals surface area contributed by atoms with Crippen molar-refractivity contribution in [2.24, 2.45) is 0 Å². The molecular weight excluding hydrogens is 272 g/mol. The third kappa shape index (κ3) is 2.77. The van der Waals surface area contributed by atoms with Gasteiger partial charge in [0.2, 0.25) is 0 Å². The Labute approximate surface area is 123 Å². The molecule has 0 atom stereocenters. The van der Waals surface area contributed by atoms with Gasteiger partial charge in [-0.15, -0.1) is 11.3 Å². The second kappa shape index (κ2) is 5.05. The molecule has 0 saturated heterocycles. The first kappa shape index (κ1) is 14.8.